The smallest absolute Gasteiger partial charge is 0.203 e. The summed E-state index contributed by atoms with van der Waals surface area (Å²) in [6.07, 6.45) is 1.75. The predicted octanol–water partition coefficient (Wildman–Crippen LogP) is 1.77. The van der Waals surface area contributed by atoms with Gasteiger partial charge in [0.15, 0.2) is 5.01 Å². The van der Waals surface area contributed by atoms with Gasteiger partial charge in [-0.15, -0.1) is 10.2 Å². The molecule has 0 saturated carbocycles. The Kier molecular flexibility index (Phi) is 1.74. The van der Waals surface area contributed by atoms with Crippen LogP contribution in [0.15, 0.2) is 12.3 Å². The Labute approximate surface area is 77.4 Å². The molecule has 0 fully saturated rings. The number of nitrogens with one attached hydrogen (secondary N) is 1. The van der Waals surface area contributed by atoms with Crippen LogP contribution in [0.2, 0.25) is 5.02 Å². The van der Waals surface area contributed by atoms with Gasteiger partial charge in [0.1, 0.15) is 0 Å². The Morgan fingerprint density at radius 1 is 1.50 bits per heavy atom. The highest BCUT2D eigenvalue weighted by Gasteiger charge is 2.08. The van der Waals surface area contributed by atoms with E-state index < -0.39 is 0 Å². The maximum absolute atomic E-state index is 5.85. The van der Waals surface area contributed by atoms with Crippen LogP contribution < -0.4 is 5.73 Å². The highest BCUT2D eigenvalue weighted by atomic mass is 35.5. The van der Waals surface area contributed by atoms with Crippen molar-refractivity contribution in [2.45, 2.75) is 0 Å². The molecular weight excluding hydrogens is 196 g/mol. The average molecular weight is 201 g/mol. The Morgan fingerprint density at radius 3 is 2.83 bits per heavy atom. The molecule has 2 rings (SSSR count). The summed E-state index contributed by atoms with van der Waals surface area (Å²) in [5.41, 5.74) is 6.19. The van der Waals surface area contributed by atoms with Gasteiger partial charge >= 0.3 is 0 Å². The number of nitrogen functional groups attached to an aromatic ring is 1. The normalized spacial score (nSPS) is 10.4. The van der Waals surface area contributed by atoms with E-state index in [0.717, 1.165) is 5.69 Å². The Bertz CT molecular complexity index is 394. The van der Waals surface area contributed by atoms with Crippen molar-refractivity contribution in [1.29, 1.82) is 0 Å². The number of H-pyrrole nitrogens is 1. The van der Waals surface area contributed by atoms with Crippen molar-refractivity contribution >= 4 is 28.1 Å². The summed E-state index contributed by atoms with van der Waals surface area (Å²) in [5.74, 6) is 0. The molecule has 2 aromatic heterocycles. The summed E-state index contributed by atoms with van der Waals surface area (Å²) in [5, 5.41) is 9.31. The first kappa shape index (κ1) is 7.57. The molecule has 0 aliphatic heterocycles. The third-order valence-corrected chi connectivity index (χ3v) is 2.44. The zero-order valence-electron chi connectivity index (χ0n) is 5.91. The molecule has 2 aromatic rings. The molecule has 4 nitrogen and oxygen atoms in total. The van der Waals surface area contributed by atoms with Gasteiger partial charge in [0.05, 0.1) is 10.7 Å². The maximum Gasteiger partial charge on any atom is 0.203 e. The number of anilines is 1. The molecule has 0 radical (unpaired) electrons. The minimum atomic E-state index is 0.440. The Morgan fingerprint density at radius 2 is 2.33 bits per heavy atom. The topological polar surface area (TPSA) is 67.6 Å². The monoisotopic (exact) mass is 200 g/mol. The number of hydrogen-bond acceptors (Lipinski definition) is 4. The lowest BCUT2D eigenvalue weighted by molar-refractivity contribution is 1.10. The van der Waals surface area contributed by atoms with Crippen molar-refractivity contribution in [1.82, 2.24) is 15.2 Å². The predicted molar refractivity (Wildman–Crippen MR) is 49.1 cm³/mol. The first-order valence-electron chi connectivity index (χ1n) is 3.19. The van der Waals surface area contributed by atoms with Gasteiger partial charge in [-0.2, -0.15) is 0 Å². The number of aromatic nitrogens is 3. The van der Waals surface area contributed by atoms with Crippen molar-refractivity contribution in [3.05, 3.63) is 17.3 Å². The van der Waals surface area contributed by atoms with E-state index in [4.69, 9.17) is 17.3 Å². The van der Waals surface area contributed by atoms with Gasteiger partial charge in [-0.3, -0.25) is 0 Å². The van der Waals surface area contributed by atoms with Crippen molar-refractivity contribution in [3.8, 4) is 10.7 Å². The molecule has 0 aromatic carbocycles. The van der Waals surface area contributed by atoms with E-state index in [-0.39, 0.29) is 0 Å². The molecule has 0 saturated heterocycles. The minimum absolute atomic E-state index is 0.440. The number of aromatic amines is 1. The molecular formula is C6H5ClN4S. The fraction of sp³-hybridized carbons (Fsp3) is 0. The third kappa shape index (κ3) is 1.17. The summed E-state index contributed by atoms with van der Waals surface area (Å²) < 4.78 is 0. The van der Waals surface area contributed by atoms with Crippen molar-refractivity contribution < 1.29 is 0 Å². The zero-order valence-corrected chi connectivity index (χ0v) is 7.49. The van der Waals surface area contributed by atoms with Crippen LogP contribution in [0.4, 0.5) is 5.13 Å². The van der Waals surface area contributed by atoms with Gasteiger partial charge in [-0.1, -0.05) is 22.9 Å². The standard InChI is InChI=1S/C6H5ClN4S/c7-3-1-2-9-4(3)5-10-11-6(8)12-5/h1-2,9H,(H2,8,11). The molecule has 0 unspecified atom stereocenters. The van der Waals surface area contributed by atoms with E-state index in [2.05, 4.69) is 15.2 Å². The van der Waals surface area contributed by atoms with E-state index in [0.29, 0.717) is 15.2 Å². The van der Waals surface area contributed by atoms with Crippen molar-refractivity contribution in [2.24, 2.45) is 0 Å². The fourth-order valence-electron chi connectivity index (χ4n) is 0.850. The molecule has 0 bridgehead atoms. The Balaban J connectivity index is 2.50. The van der Waals surface area contributed by atoms with Crippen LogP contribution in [-0.4, -0.2) is 15.2 Å². The van der Waals surface area contributed by atoms with Gasteiger partial charge in [0.2, 0.25) is 5.13 Å². The quantitative estimate of drug-likeness (QED) is 0.737. The van der Waals surface area contributed by atoms with Crippen LogP contribution in [0, 0.1) is 0 Å². The summed E-state index contributed by atoms with van der Waals surface area (Å²) in [6.45, 7) is 0. The first-order valence-corrected chi connectivity index (χ1v) is 4.39. The molecule has 3 N–H and O–H groups in total. The largest absolute Gasteiger partial charge is 0.374 e. The van der Waals surface area contributed by atoms with Crippen LogP contribution in [0.3, 0.4) is 0 Å². The molecule has 0 spiro atoms. The fourth-order valence-corrected chi connectivity index (χ4v) is 1.75. The van der Waals surface area contributed by atoms with Gasteiger partial charge in [0, 0.05) is 6.20 Å². The van der Waals surface area contributed by atoms with Gasteiger partial charge in [-0.25, -0.2) is 0 Å². The summed E-state index contributed by atoms with van der Waals surface area (Å²) in [4.78, 5) is 2.96. The lowest BCUT2D eigenvalue weighted by atomic mass is 10.4. The van der Waals surface area contributed by atoms with E-state index in [1.54, 1.807) is 12.3 Å². The van der Waals surface area contributed by atoms with Gasteiger partial charge < -0.3 is 10.7 Å². The van der Waals surface area contributed by atoms with Crippen molar-refractivity contribution in [3.63, 3.8) is 0 Å². The molecule has 0 amide bonds. The van der Waals surface area contributed by atoms with Gasteiger partial charge in [0.25, 0.3) is 0 Å². The second kappa shape index (κ2) is 2.76. The maximum atomic E-state index is 5.85. The molecule has 0 aliphatic rings. The second-order valence-electron chi connectivity index (χ2n) is 2.15. The lowest BCUT2D eigenvalue weighted by Crippen LogP contribution is -1.80. The zero-order chi connectivity index (χ0) is 8.55. The lowest BCUT2D eigenvalue weighted by Gasteiger charge is -1.88. The highest BCUT2D eigenvalue weighted by molar-refractivity contribution is 7.18. The van der Waals surface area contributed by atoms with E-state index in [9.17, 15) is 0 Å². The second-order valence-corrected chi connectivity index (χ2v) is 3.56. The van der Waals surface area contributed by atoms with Gasteiger partial charge in [-0.05, 0) is 6.07 Å². The molecule has 12 heavy (non-hydrogen) atoms. The minimum Gasteiger partial charge on any atom is -0.374 e. The SMILES string of the molecule is Nc1nnc(-c2[nH]ccc2Cl)s1. The summed E-state index contributed by atoms with van der Waals surface area (Å²) in [6, 6.07) is 1.76. The summed E-state index contributed by atoms with van der Waals surface area (Å²) in [7, 11) is 0. The summed E-state index contributed by atoms with van der Waals surface area (Å²) >= 11 is 7.15. The molecule has 6 heteroatoms. The third-order valence-electron chi connectivity index (χ3n) is 1.35. The van der Waals surface area contributed by atoms with Crippen LogP contribution >= 0.6 is 22.9 Å². The molecule has 2 heterocycles. The average Bonchev–Trinajstić information content (AvgIpc) is 2.58. The first-order chi connectivity index (χ1) is 5.77. The molecule has 0 aliphatic carbocycles. The van der Waals surface area contributed by atoms with Crippen LogP contribution in [0.5, 0.6) is 0 Å². The van der Waals surface area contributed by atoms with Crippen LogP contribution in [0.1, 0.15) is 0 Å². The van der Waals surface area contributed by atoms with Crippen LogP contribution in [-0.2, 0) is 0 Å². The van der Waals surface area contributed by atoms with E-state index >= 15 is 0 Å². The Hall–Kier alpha value is -1.07. The molecule has 62 valence electrons. The number of nitrogens with two attached hydrogens (primary N) is 1. The number of rotatable bonds is 1. The number of hydrogen-bond donors (Lipinski definition) is 2. The van der Waals surface area contributed by atoms with E-state index in [1.165, 1.54) is 11.3 Å². The van der Waals surface area contributed by atoms with E-state index in [1.807, 2.05) is 0 Å². The number of halogens is 1. The van der Waals surface area contributed by atoms with Crippen LogP contribution in [0.25, 0.3) is 10.7 Å². The highest BCUT2D eigenvalue weighted by Crippen LogP contribution is 2.29. The molecule has 0 atom stereocenters. The van der Waals surface area contributed by atoms with Crippen molar-refractivity contribution in [2.75, 3.05) is 5.73 Å². The number of nitrogens with zero attached hydrogens (tertiary/aromatic N) is 2.